The molecule has 0 saturated heterocycles. The van der Waals surface area contributed by atoms with Crippen LogP contribution in [0.1, 0.15) is 66.4 Å². The number of carbonyl (C=O) groups excluding carboxylic acids is 3. The molecule has 1 heterocycles. The largest absolute Gasteiger partial charge is 0.475 e. The van der Waals surface area contributed by atoms with Gasteiger partial charge in [-0.25, -0.2) is 4.98 Å². The van der Waals surface area contributed by atoms with Gasteiger partial charge in [-0.2, -0.15) is 0 Å². The number of hydrogen-bond acceptors (Lipinski definition) is 7. The van der Waals surface area contributed by atoms with E-state index in [4.69, 9.17) is 0 Å². The molecule has 0 saturated carbocycles. The molecule has 0 fully saturated rings. The van der Waals surface area contributed by atoms with Gasteiger partial charge in [-0.1, -0.05) is 39.3 Å². The van der Waals surface area contributed by atoms with Crippen LogP contribution in [0.15, 0.2) is 42.9 Å². The first kappa shape index (κ1) is 27.9. The molecular formula is C24H34BN5O5. The molecule has 0 aliphatic carbocycles. The minimum Gasteiger partial charge on any atom is -0.426 e. The van der Waals surface area contributed by atoms with Crippen LogP contribution in [-0.4, -0.2) is 63.4 Å². The number of unbranched alkanes of at least 4 members (excludes halogenated alkanes) is 1. The Hall–Kier alpha value is -3.31. The van der Waals surface area contributed by atoms with Crippen LogP contribution in [0, 0.1) is 5.92 Å². The highest BCUT2D eigenvalue weighted by atomic mass is 16.4. The van der Waals surface area contributed by atoms with Crippen LogP contribution >= 0.6 is 0 Å². The second-order valence-electron chi connectivity index (χ2n) is 8.79. The second-order valence-corrected chi connectivity index (χ2v) is 8.79. The van der Waals surface area contributed by atoms with E-state index in [-0.39, 0.29) is 18.2 Å². The normalized spacial score (nSPS) is 12.5. The van der Waals surface area contributed by atoms with E-state index in [0.29, 0.717) is 12.0 Å². The molecule has 11 heteroatoms. The van der Waals surface area contributed by atoms with Gasteiger partial charge in [0.15, 0.2) is 0 Å². The van der Waals surface area contributed by atoms with E-state index in [2.05, 4.69) is 32.8 Å². The lowest BCUT2D eigenvalue weighted by Gasteiger charge is -2.24. The van der Waals surface area contributed by atoms with E-state index in [1.807, 2.05) is 26.0 Å². The van der Waals surface area contributed by atoms with Gasteiger partial charge in [-0.3, -0.25) is 19.4 Å². The molecule has 188 valence electrons. The van der Waals surface area contributed by atoms with Crippen LogP contribution in [0.4, 0.5) is 0 Å². The van der Waals surface area contributed by atoms with Crippen LogP contribution in [-0.2, 0) is 11.2 Å². The van der Waals surface area contributed by atoms with Crippen LogP contribution in [0.2, 0.25) is 0 Å². The molecule has 0 unspecified atom stereocenters. The highest BCUT2D eigenvalue weighted by molar-refractivity contribution is 6.43. The molecule has 5 N–H and O–H groups in total. The molecule has 0 aliphatic rings. The van der Waals surface area contributed by atoms with Gasteiger partial charge in [0, 0.05) is 24.5 Å². The van der Waals surface area contributed by atoms with Gasteiger partial charge < -0.3 is 26.0 Å². The third-order valence-electron chi connectivity index (χ3n) is 5.33. The third kappa shape index (κ3) is 9.46. The maximum atomic E-state index is 13.0. The number of nitrogens with zero attached hydrogens (tertiary/aromatic N) is 2. The summed E-state index contributed by atoms with van der Waals surface area (Å²) in [4.78, 5) is 46.0. The quantitative estimate of drug-likeness (QED) is 0.265. The number of amides is 3. The average Bonchev–Trinajstić information content (AvgIpc) is 2.84. The first-order valence-corrected chi connectivity index (χ1v) is 11.8. The lowest BCUT2D eigenvalue weighted by molar-refractivity contribution is -0.123. The number of aromatic nitrogens is 2. The Kier molecular flexibility index (Phi) is 11.3. The number of hydrogen-bond donors (Lipinski definition) is 5. The monoisotopic (exact) mass is 483 g/mol. The third-order valence-corrected chi connectivity index (χ3v) is 5.33. The summed E-state index contributed by atoms with van der Waals surface area (Å²) in [6.45, 7) is 5.63. The summed E-state index contributed by atoms with van der Waals surface area (Å²) in [5.41, 5.74) is 1.54. The molecule has 0 aliphatic heterocycles. The van der Waals surface area contributed by atoms with Crippen LogP contribution < -0.4 is 16.0 Å². The molecule has 35 heavy (non-hydrogen) atoms. The highest BCUT2D eigenvalue weighted by Gasteiger charge is 2.30. The van der Waals surface area contributed by atoms with Crippen molar-refractivity contribution < 1.29 is 24.4 Å². The van der Waals surface area contributed by atoms with Crippen LogP contribution in [0.25, 0.3) is 0 Å². The lowest BCUT2D eigenvalue weighted by Crippen LogP contribution is -2.57. The Balaban J connectivity index is 2.14. The highest BCUT2D eigenvalue weighted by Crippen LogP contribution is 2.09. The van der Waals surface area contributed by atoms with Gasteiger partial charge in [0.2, 0.25) is 5.91 Å². The molecule has 0 spiro atoms. The predicted molar refractivity (Wildman–Crippen MR) is 132 cm³/mol. The number of nitrogens with one attached hydrogen (secondary N) is 3. The van der Waals surface area contributed by atoms with E-state index in [0.717, 1.165) is 24.8 Å². The van der Waals surface area contributed by atoms with Gasteiger partial charge in [-0.15, -0.1) is 0 Å². The molecule has 2 rings (SSSR count). The SMILES string of the molecule is CCCCc1ccc(C(=O)N[C@@H](CNC(=O)c2cnccn2)C(=O)N[C@@H](CC(C)C)B(O)O)cc1. The summed E-state index contributed by atoms with van der Waals surface area (Å²) < 4.78 is 0. The van der Waals surface area contributed by atoms with Crippen LogP contribution in [0.5, 0.6) is 0 Å². The molecular weight excluding hydrogens is 449 g/mol. The van der Waals surface area contributed by atoms with Crippen molar-refractivity contribution in [3.8, 4) is 0 Å². The maximum Gasteiger partial charge on any atom is 0.475 e. The zero-order valence-corrected chi connectivity index (χ0v) is 20.4. The number of aryl methyl sites for hydroxylation is 1. The van der Waals surface area contributed by atoms with Crippen molar-refractivity contribution in [3.05, 3.63) is 59.7 Å². The Morgan fingerprint density at radius 3 is 2.31 bits per heavy atom. The van der Waals surface area contributed by atoms with E-state index in [1.54, 1.807) is 12.1 Å². The molecule has 10 nitrogen and oxygen atoms in total. The van der Waals surface area contributed by atoms with Crippen molar-refractivity contribution in [3.63, 3.8) is 0 Å². The van der Waals surface area contributed by atoms with Crippen molar-refractivity contribution >= 4 is 24.8 Å². The van der Waals surface area contributed by atoms with E-state index < -0.39 is 36.8 Å². The fourth-order valence-electron chi connectivity index (χ4n) is 3.40. The lowest BCUT2D eigenvalue weighted by atomic mass is 9.75. The molecule has 1 aromatic carbocycles. The van der Waals surface area contributed by atoms with Crippen molar-refractivity contribution in [2.24, 2.45) is 5.92 Å². The number of rotatable bonds is 13. The van der Waals surface area contributed by atoms with Gasteiger partial charge >= 0.3 is 7.12 Å². The van der Waals surface area contributed by atoms with Crippen molar-refractivity contribution in [1.82, 2.24) is 25.9 Å². The molecule has 2 aromatic rings. The molecule has 2 atom stereocenters. The Bertz CT molecular complexity index is 957. The zero-order valence-electron chi connectivity index (χ0n) is 20.4. The smallest absolute Gasteiger partial charge is 0.426 e. The Morgan fingerprint density at radius 1 is 1.03 bits per heavy atom. The van der Waals surface area contributed by atoms with Crippen molar-refractivity contribution in [2.45, 2.75) is 58.4 Å². The van der Waals surface area contributed by atoms with Gasteiger partial charge in [-0.05, 0) is 42.9 Å². The van der Waals surface area contributed by atoms with Crippen LogP contribution in [0.3, 0.4) is 0 Å². The average molecular weight is 483 g/mol. The van der Waals surface area contributed by atoms with Crippen molar-refractivity contribution in [2.75, 3.05) is 6.54 Å². The fraction of sp³-hybridized carbons (Fsp3) is 0.458. The minimum absolute atomic E-state index is 0.0594. The minimum atomic E-state index is -1.78. The van der Waals surface area contributed by atoms with E-state index in [9.17, 15) is 24.4 Å². The van der Waals surface area contributed by atoms with Crippen molar-refractivity contribution in [1.29, 1.82) is 0 Å². The molecule has 1 aromatic heterocycles. The Labute approximate surface area is 206 Å². The standard InChI is InChI=1S/C24H34BN5O5/c1-4-5-6-17-7-9-18(10-8-17)22(31)29-20(15-28-23(32)19-14-26-11-12-27-19)24(33)30-21(25(34)35)13-16(2)3/h7-12,14,16,20-21,34-35H,4-6,13,15H2,1-3H3,(H,28,32)(H,29,31)(H,30,33)/t20-,21-/m0/s1. The topological polar surface area (TPSA) is 154 Å². The summed E-state index contributed by atoms with van der Waals surface area (Å²) >= 11 is 0. The van der Waals surface area contributed by atoms with E-state index >= 15 is 0 Å². The number of carbonyl (C=O) groups is 3. The van der Waals surface area contributed by atoms with Gasteiger partial charge in [0.05, 0.1) is 12.1 Å². The summed E-state index contributed by atoms with van der Waals surface area (Å²) in [6, 6.07) is 5.95. The molecule has 0 radical (unpaired) electrons. The van der Waals surface area contributed by atoms with E-state index in [1.165, 1.54) is 18.6 Å². The second kappa shape index (κ2) is 14.2. The van der Waals surface area contributed by atoms with Gasteiger partial charge in [0.1, 0.15) is 11.7 Å². The first-order chi connectivity index (χ1) is 16.7. The maximum absolute atomic E-state index is 13.0. The predicted octanol–water partition coefficient (Wildman–Crippen LogP) is 0.891. The Morgan fingerprint density at radius 2 is 1.74 bits per heavy atom. The molecule has 3 amide bonds. The fourth-order valence-corrected chi connectivity index (χ4v) is 3.40. The first-order valence-electron chi connectivity index (χ1n) is 11.8. The zero-order chi connectivity index (χ0) is 25.8. The number of benzene rings is 1. The molecule has 0 bridgehead atoms. The summed E-state index contributed by atoms with van der Waals surface area (Å²) in [5.74, 6) is -2.57. The summed E-state index contributed by atoms with van der Waals surface area (Å²) in [7, 11) is -1.78. The van der Waals surface area contributed by atoms with Gasteiger partial charge in [0.25, 0.3) is 11.8 Å². The summed E-state index contributed by atoms with van der Waals surface area (Å²) in [6.07, 6.45) is 7.42. The summed E-state index contributed by atoms with van der Waals surface area (Å²) in [5, 5.41) is 27.1.